The number of nitrogens with zero attached hydrogens (tertiary/aromatic N) is 2. The Morgan fingerprint density at radius 2 is 1.68 bits per heavy atom. The predicted octanol–water partition coefficient (Wildman–Crippen LogP) is 3.52. The highest BCUT2D eigenvalue weighted by atomic mass is 32.4. The molecule has 0 aromatic heterocycles. The van der Waals surface area contributed by atoms with E-state index in [0.29, 0.717) is 5.75 Å². The topological polar surface area (TPSA) is 54.3 Å². The van der Waals surface area contributed by atoms with Crippen molar-refractivity contribution >= 4 is 25.1 Å². The molecule has 2 rings (SSSR count). The SMILES string of the molecule is COc1ccc(O[P+](=S)N(C)N=Cc2ccc(O)cc2)cc1. The van der Waals surface area contributed by atoms with E-state index in [9.17, 15) is 5.11 Å². The van der Waals surface area contributed by atoms with Gasteiger partial charge in [0.1, 0.15) is 11.5 Å². The molecule has 0 spiro atoms. The van der Waals surface area contributed by atoms with Crippen LogP contribution in [-0.4, -0.2) is 30.3 Å². The van der Waals surface area contributed by atoms with Crippen LogP contribution in [0.2, 0.25) is 0 Å². The van der Waals surface area contributed by atoms with Crippen molar-refractivity contribution in [3.63, 3.8) is 0 Å². The number of rotatable bonds is 6. The molecule has 0 radical (unpaired) electrons. The quantitative estimate of drug-likeness (QED) is 0.497. The number of ether oxygens (including phenoxy) is 1. The molecule has 7 heteroatoms. The van der Waals surface area contributed by atoms with E-state index in [1.54, 1.807) is 61.5 Å². The van der Waals surface area contributed by atoms with Crippen molar-refractivity contribution in [3.05, 3.63) is 54.1 Å². The Bertz CT molecular complexity index is 659. The lowest BCUT2D eigenvalue weighted by Gasteiger charge is -2.03. The molecule has 5 nitrogen and oxygen atoms in total. The van der Waals surface area contributed by atoms with Gasteiger partial charge in [0.2, 0.25) is 11.8 Å². The molecule has 1 N–H and O–H groups in total. The summed E-state index contributed by atoms with van der Waals surface area (Å²) in [6, 6.07) is 14.0. The van der Waals surface area contributed by atoms with Crippen molar-refractivity contribution in [3.8, 4) is 17.2 Å². The molecule has 0 aliphatic heterocycles. The lowest BCUT2D eigenvalue weighted by Crippen LogP contribution is -2.03. The van der Waals surface area contributed by atoms with Gasteiger partial charge in [0.25, 0.3) is 0 Å². The van der Waals surface area contributed by atoms with Crippen molar-refractivity contribution in [2.24, 2.45) is 5.10 Å². The molecule has 22 heavy (non-hydrogen) atoms. The van der Waals surface area contributed by atoms with Crippen LogP contribution in [0.5, 0.6) is 17.2 Å². The molecule has 1 atom stereocenters. The summed E-state index contributed by atoms with van der Waals surface area (Å²) in [5.74, 6) is 1.66. The maximum atomic E-state index is 9.23. The highest BCUT2D eigenvalue weighted by Gasteiger charge is 2.20. The van der Waals surface area contributed by atoms with Crippen LogP contribution in [0.1, 0.15) is 5.56 Å². The van der Waals surface area contributed by atoms with Crippen molar-refractivity contribution in [1.29, 1.82) is 0 Å². The van der Waals surface area contributed by atoms with E-state index in [1.165, 1.54) is 0 Å². The number of hydrazone groups is 1. The molecule has 0 amide bonds. The fourth-order valence-corrected chi connectivity index (χ4v) is 2.48. The lowest BCUT2D eigenvalue weighted by atomic mass is 10.2. The first-order valence-electron chi connectivity index (χ1n) is 6.44. The summed E-state index contributed by atoms with van der Waals surface area (Å²) in [4.78, 5) is 0. The number of phenols is 1. The Balaban J connectivity index is 1.94. The molecule has 114 valence electrons. The summed E-state index contributed by atoms with van der Waals surface area (Å²) < 4.78 is 12.4. The highest BCUT2D eigenvalue weighted by molar-refractivity contribution is 8.02. The molecule has 0 fully saturated rings. The summed E-state index contributed by atoms with van der Waals surface area (Å²) >= 11 is 5.32. The van der Waals surface area contributed by atoms with E-state index in [0.717, 1.165) is 11.3 Å². The van der Waals surface area contributed by atoms with Crippen LogP contribution in [0.15, 0.2) is 53.6 Å². The third-order valence-electron chi connectivity index (χ3n) is 2.75. The molecule has 1 unspecified atom stereocenters. The summed E-state index contributed by atoms with van der Waals surface area (Å²) in [5, 5.41) is 13.5. The van der Waals surface area contributed by atoms with Crippen molar-refractivity contribution in [1.82, 2.24) is 4.78 Å². The average Bonchev–Trinajstić information content (AvgIpc) is 2.54. The van der Waals surface area contributed by atoms with Crippen molar-refractivity contribution < 1.29 is 14.4 Å². The second kappa shape index (κ2) is 7.73. The zero-order valence-corrected chi connectivity index (χ0v) is 13.9. The van der Waals surface area contributed by atoms with Crippen LogP contribution in [-0.2, 0) is 11.8 Å². The lowest BCUT2D eigenvalue weighted by molar-refractivity contribution is 0.414. The van der Waals surface area contributed by atoms with Crippen molar-refractivity contribution in [2.75, 3.05) is 14.2 Å². The number of methoxy groups -OCH3 is 1. The largest absolute Gasteiger partial charge is 0.540 e. The highest BCUT2D eigenvalue weighted by Crippen LogP contribution is 2.31. The van der Waals surface area contributed by atoms with Crippen LogP contribution in [0, 0.1) is 0 Å². The van der Waals surface area contributed by atoms with E-state index in [1.807, 2.05) is 12.1 Å². The molecule has 0 saturated heterocycles. The van der Waals surface area contributed by atoms with Gasteiger partial charge in [-0.25, -0.2) is 0 Å². The number of phenolic OH excluding ortho intramolecular Hbond substituents is 1. The van der Waals surface area contributed by atoms with Gasteiger partial charge in [0.15, 0.2) is 5.75 Å². The van der Waals surface area contributed by atoms with E-state index >= 15 is 0 Å². The first-order valence-corrected chi connectivity index (χ1v) is 8.67. The van der Waals surface area contributed by atoms with E-state index in [4.69, 9.17) is 21.1 Å². The molecule has 0 saturated carbocycles. The Hall–Kier alpha value is -2.17. The van der Waals surface area contributed by atoms with Gasteiger partial charge < -0.3 is 9.84 Å². The third-order valence-corrected chi connectivity index (χ3v) is 4.62. The van der Waals surface area contributed by atoms with Gasteiger partial charge in [-0.15, -0.1) is 5.10 Å². The maximum absolute atomic E-state index is 9.23. The Labute approximate surface area is 135 Å². The zero-order chi connectivity index (χ0) is 15.9. The Kier molecular flexibility index (Phi) is 5.69. The third kappa shape index (κ3) is 4.69. The molecular formula is C15H16N2O3PS+. The molecule has 0 aliphatic rings. The maximum Gasteiger partial charge on any atom is 0.540 e. The monoisotopic (exact) mass is 335 g/mol. The minimum atomic E-state index is -1.31. The van der Waals surface area contributed by atoms with Crippen LogP contribution in [0.4, 0.5) is 0 Å². The predicted molar refractivity (Wildman–Crippen MR) is 91.4 cm³/mol. The number of aromatic hydroxyl groups is 1. The van der Waals surface area contributed by atoms with E-state index in [-0.39, 0.29) is 5.75 Å². The molecule has 2 aromatic carbocycles. The van der Waals surface area contributed by atoms with Gasteiger partial charge in [-0.1, -0.05) is 4.78 Å². The second-order valence-corrected chi connectivity index (χ2v) is 6.50. The molecule has 0 aliphatic carbocycles. The van der Waals surface area contributed by atoms with Gasteiger partial charge in [-0.2, -0.15) is 0 Å². The second-order valence-electron chi connectivity index (χ2n) is 4.33. The standard InChI is InChI=1S/C15H15N2O3PS/c1-17(16-11-12-3-5-13(18)6-4-12)21(22)20-15-9-7-14(19-2)8-10-15/h3-11H,1-2H3/p+1. The molecule has 0 bridgehead atoms. The normalized spacial score (nSPS) is 11.3. The minimum Gasteiger partial charge on any atom is -0.508 e. The number of hydrogen-bond donors (Lipinski definition) is 1. The first kappa shape index (κ1) is 16.2. The van der Waals surface area contributed by atoms with Crippen molar-refractivity contribution in [2.45, 2.75) is 0 Å². The van der Waals surface area contributed by atoms with Gasteiger partial charge in [0.05, 0.1) is 20.4 Å². The average molecular weight is 335 g/mol. The number of benzene rings is 2. The molecule has 2 aromatic rings. The van der Waals surface area contributed by atoms with Crippen LogP contribution in [0.25, 0.3) is 0 Å². The van der Waals surface area contributed by atoms with E-state index < -0.39 is 7.07 Å². The van der Waals surface area contributed by atoms with Gasteiger partial charge in [-0.05, 0) is 54.1 Å². The summed E-state index contributed by atoms with van der Waals surface area (Å²) in [5.41, 5.74) is 0.868. The molecule has 0 heterocycles. The molecular weight excluding hydrogens is 319 g/mol. The van der Waals surface area contributed by atoms with Gasteiger partial charge >= 0.3 is 7.07 Å². The number of hydrogen-bond acceptors (Lipinski definition) is 5. The van der Waals surface area contributed by atoms with Crippen LogP contribution >= 0.6 is 7.07 Å². The smallest absolute Gasteiger partial charge is 0.508 e. The zero-order valence-electron chi connectivity index (χ0n) is 12.2. The van der Waals surface area contributed by atoms with Gasteiger partial charge in [-0.3, -0.25) is 4.52 Å². The summed E-state index contributed by atoms with van der Waals surface area (Å²) in [7, 11) is 2.07. The fourth-order valence-electron chi connectivity index (χ4n) is 1.54. The Morgan fingerprint density at radius 1 is 1.09 bits per heavy atom. The van der Waals surface area contributed by atoms with Crippen LogP contribution < -0.4 is 9.26 Å². The first-order chi connectivity index (χ1) is 10.6. The minimum absolute atomic E-state index is 0.221. The van der Waals surface area contributed by atoms with Crippen LogP contribution in [0.3, 0.4) is 0 Å². The van der Waals surface area contributed by atoms with Gasteiger partial charge in [0, 0.05) is 0 Å². The van der Waals surface area contributed by atoms with E-state index in [2.05, 4.69) is 5.10 Å². The fraction of sp³-hybridized carbons (Fsp3) is 0.133. The summed E-state index contributed by atoms with van der Waals surface area (Å²) in [6.07, 6.45) is 1.67. The Morgan fingerprint density at radius 3 is 2.27 bits per heavy atom. The summed E-state index contributed by atoms with van der Waals surface area (Å²) in [6.45, 7) is 0.